The number of aliphatic carboxylic acids is 1. The molecule has 5 unspecified atom stereocenters. The van der Waals surface area contributed by atoms with Gasteiger partial charge in [-0.25, -0.2) is 9.78 Å². The van der Waals surface area contributed by atoms with E-state index in [9.17, 15) is 29.4 Å². The molecule has 2 aromatic heterocycles. The van der Waals surface area contributed by atoms with Crippen LogP contribution in [-0.2, 0) is 32.0 Å². The number of carboxylic acids is 1. The minimum Gasteiger partial charge on any atom is -0.480 e. The SMILES string of the molecule is CC(C)C(NC(=O)C(NC(=O)C(Cc1cnc[nH]1)NC(=O)C(N)Cc1c[nH]c2ccccc12)C(C)O)C(=O)O. The number of rotatable bonds is 13. The van der Waals surface area contributed by atoms with Crippen LogP contribution in [-0.4, -0.2) is 79.1 Å². The molecule has 0 spiro atoms. The average molecular weight is 542 g/mol. The van der Waals surface area contributed by atoms with E-state index < -0.39 is 59.9 Å². The fourth-order valence-corrected chi connectivity index (χ4v) is 4.15. The van der Waals surface area contributed by atoms with Gasteiger partial charge in [0.25, 0.3) is 0 Å². The standard InChI is InChI=1S/C26H35N7O6/c1-13(2)21(26(38)39)32-25(37)22(14(3)34)33-24(36)20(9-16-11-28-12-30-16)31-23(35)18(27)8-15-10-29-19-7-5-4-6-17(15)19/h4-7,10-14,18,20-22,29,34H,8-9,27H2,1-3H3,(H,28,30)(H,31,35)(H,32,37)(H,33,36)(H,38,39). The van der Waals surface area contributed by atoms with Crippen molar-refractivity contribution in [1.82, 2.24) is 30.9 Å². The van der Waals surface area contributed by atoms with Crippen molar-refractivity contribution in [1.29, 1.82) is 0 Å². The first-order chi connectivity index (χ1) is 18.5. The lowest BCUT2D eigenvalue weighted by Gasteiger charge is -2.27. The molecule has 0 aliphatic carbocycles. The molecular formula is C26H35N7O6. The maximum absolute atomic E-state index is 13.3. The van der Waals surface area contributed by atoms with Gasteiger partial charge < -0.3 is 41.9 Å². The Morgan fingerprint density at radius 1 is 0.949 bits per heavy atom. The van der Waals surface area contributed by atoms with Crippen molar-refractivity contribution in [2.75, 3.05) is 0 Å². The minimum absolute atomic E-state index is 0.00469. The number of H-pyrrole nitrogens is 2. The molecule has 5 atom stereocenters. The Bertz CT molecular complexity index is 1290. The summed E-state index contributed by atoms with van der Waals surface area (Å²) in [7, 11) is 0. The number of hydrogen-bond acceptors (Lipinski definition) is 7. The predicted octanol–water partition coefficient (Wildman–Crippen LogP) is -0.421. The summed E-state index contributed by atoms with van der Waals surface area (Å²) >= 11 is 0. The Hall–Kier alpha value is -4.23. The highest BCUT2D eigenvalue weighted by Gasteiger charge is 2.33. The number of nitrogens with one attached hydrogen (secondary N) is 5. The van der Waals surface area contributed by atoms with E-state index in [1.807, 2.05) is 24.3 Å². The van der Waals surface area contributed by atoms with Crippen molar-refractivity contribution in [3.05, 3.63) is 54.2 Å². The molecule has 1 aromatic carbocycles. The highest BCUT2D eigenvalue weighted by molar-refractivity contribution is 5.94. The number of amides is 3. The van der Waals surface area contributed by atoms with E-state index in [0.717, 1.165) is 16.5 Å². The molecule has 0 aliphatic heterocycles. The highest BCUT2D eigenvalue weighted by atomic mass is 16.4. The van der Waals surface area contributed by atoms with E-state index >= 15 is 0 Å². The maximum Gasteiger partial charge on any atom is 0.326 e. The molecule has 2 heterocycles. The van der Waals surface area contributed by atoms with Crippen molar-refractivity contribution in [2.45, 2.75) is 63.9 Å². The van der Waals surface area contributed by atoms with Crippen LogP contribution in [0.5, 0.6) is 0 Å². The van der Waals surface area contributed by atoms with Crippen LogP contribution in [0.2, 0.25) is 0 Å². The van der Waals surface area contributed by atoms with Crippen LogP contribution in [0, 0.1) is 5.92 Å². The number of carbonyl (C=O) groups excluding carboxylic acids is 3. The Morgan fingerprint density at radius 3 is 2.26 bits per heavy atom. The van der Waals surface area contributed by atoms with Gasteiger partial charge in [-0.2, -0.15) is 0 Å². The maximum atomic E-state index is 13.3. The largest absolute Gasteiger partial charge is 0.480 e. The molecule has 0 aliphatic rings. The van der Waals surface area contributed by atoms with Crippen molar-refractivity contribution in [3.8, 4) is 0 Å². The number of aliphatic hydroxyl groups excluding tert-OH is 1. The fourth-order valence-electron chi connectivity index (χ4n) is 4.15. The van der Waals surface area contributed by atoms with Gasteiger partial charge in [-0.3, -0.25) is 14.4 Å². The van der Waals surface area contributed by atoms with Gasteiger partial charge in [-0.15, -0.1) is 0 Å². The number of nitrogens with zero attached hydrogens (tertiary/aromatic N) is 1. The lowest BCUT2D eigenvalue weighted by Crippen LogP contribution is -2.60. The second kappa shape index (κ2) is 13.0. The molecule has 0 radical (unpaired) electrons. The summed E-state index contributed by atoms with van der Waals surface area (Å²) in [6, 6.07) is 2.72. The van der Waals surface area contributed by atoms with Gasteiger partial charge in [-0.1, -0.05) is 32.0 Å². The number of aromatic amines is 2. The smallest absolute Gasteiger partial charge is 0.326 e. The summed E-state index contributed by atoms with van der Waals surface area (Å²) < 4.78 is 0. The Labute approximate surface area is 225 Å². The van der Waals surface area contributed by atoms with Crippen molar-refractivity contribution < 1.29 is 29.4 Å². The van der Waals surface area contributed by atoms with Crippen LogP contribution in [0.1, 0.15) is 32.0 Å². The van der Waals surface area contributed by atoms with Crippen LogP contribution >= 0.6 is 0 Å². The summed E-state index contributed by atoms with van der Waals surface area (Å²) in [6.07, 6.45) is 3.52. The Morgan fingerprint density at radius 2 is 1.64 bits per heavy atom. The zero-order chi connectivity index (χ0) is 28.7. The van der Waals surface area contributed by atoms with Gasteiger partial charge in [0.05, 0.1) is 18.5 Å². The normalized spacial score (nSPS) is 15.2. The van der Waals surface area contributed by atoms with Crippen LogP contribution in [0.3, 0.4) is 0 Å². The highest BCUT2D eigenvalue weighted by Crippen LogP contribution is 2.19. The van der Waals surface area contributed by atoms with E-state index in [2.05, 4.69) is 30.9 Å². The van der Waals surface area contributed by atoms with E-state index in [4.69, 9.17) is 5.73 Å². The number of imidazole rings is 1. The van der Waals surface area contributed by atoms with Gasteiger partial charge >= 0.3 is 5.97 Å². The molecule has 0 bridgehead atoms. The number of fused-ring (bicyclic) bond motifs is 1. The fraction of sp³-hybridized carbons (Fsp3) is 0.423. The van der Waals surface area contributed by atoms with E-state index in [1.54, 1.807) is 20.0 Å². The first-order valence-electron chi connectivity index (χ1n) is 12.6. The van der Waals surface area contributed by atoms with Crippen LogP contribution in [0.4, 0.5) is 0 Å². The molecular weight excluding hydrogens is 506 g/mol. The molecule has 3 amide bonds. The number of aromatic nitrogens is 3. The number of hydrogen-bond donors (Lipinski definition) is 8. The first kappa shape index (κ1) is 29.3. The molecule has 39 heavy (non-hydrogen) atoms. The monoisotopic (exact) mass is 541 g/mol. The Kier molecular flexibility index (Phi) is 9.79. The van der Waals surface area contributed by atoms with Gasteiger partial charge in [0.15, 0.2) is 0 Å². The second-order valence-corrected chi connectivity index (χ2v) is 9.81. The summed E-state index contributed by atoms with van der Waals surface area (Å²) in [5, 5.41) is 28.0. The average Bonchev–Trinajstić information content (AvgIpc) is 3.54. The van der Waals surface area contributed by atoms with E-state index in [0.29, 0.717) is 5.69 Å². The van der Waals surface area contributed by atoms with Crippen molar-refractivity contribution in [3.63, 3.8) is 0 Å². The molecule has 210 valence electrons. The summed E-state index contributed by atoms with van der Waals surface area (Å²) in [4.78, 5) is 60.6. The molecule has 3 aromatic rings. The lowest BCUT2D eigenvalue weighted by atomic mass is 10.0. The van der Waals surface area contributed by atoms with E-state index in [1.165, 1.54) is 19.4 Å². The topological polar surface area (TPSA) is 215 Å². The number of carbonyl (C=O) groups is 4. The molecule has 13 heteroatoms. The summed E-state index contributed by atoms with van der Waals surface area (Å²) in [5.74, 6) is -3.92. The van der Waals surface area contributed by atoms with Gasteiger partial charge in [0, 0.05) is 35.4 Å². The summed E-state index contributed by atoms with van der Waals surface area (Å²) in [5.41, 5.74) is 8.47. The van der Waals surface area contributed by atoms with Crippen molar-refractivity contribution in [2.24, 2.45) is 11.7 Å². The third kappa shape index (κ3) is 7.65. The molecule has 3 rings (SSSR count). The van der Waals surface area contributed by atoms with Crippen LogP contribution in [0.25, 0.3) is 10.9 Å². The third-order valence-corrected chi connectivity index (χ3v) is 6.36. The number of nitrogens with two attached hydrogens (primary N) is 1. The zero-order valence-corrected chi connectivity index (χ0v) is 22.0. The van der Waals surface area contributed by atoms with Crippen LogP contribution < -0.4 is 21.7 Å². The van der Waals surface area contributed by atoms with Gasteiger partial charge in [0.2, 0.25) is 17.7 Å². The number of aliphatic hydroxyl groups is 1. The first-order valence-corrected chi connectivity index (χ1v) is 12.6. The second-order valence-electron chi connectivity index (χ2n) is 9.81. The van der Waals surface area contributed by atoms with Crippen LogP contribution in [0.15, 0.2) is 43.0 Å². The molecule has 0 saturated carbocycles. The molecule has 9 N–H and O–H groups in total. The number of benzene rings is 1. The zero-order valence-electron chi connectivity index (χ0n) is 22.0. The molecule has 0 saturated heterocycles. The van der Waals surface area contributed by atoms with Crippen molar-refractivity contribution >= 4 is 34.6 Å². The third-order valence-electron chi connectivity index (χ3n) is 6.36. The number of para-hydroxylation sites is 1. The van der Waals surface area contributed by atoms with Gasteiger partial charge in [-0.05, 0) is 30.9 Å². The van der Waals surface area contributed by atoms with Gasteiger partial charge in [0.1, 0.15) is 18.1 Å². The summed E-state index contributed by atoms with van der Waals surface area (Å²) in [6.45, 7) is 4.52. The Balaban J connectivity index is 1.74. The molecule has 13 nitrogen and oxygen atoms in total. The number of carboxylic acid groups (broad SMARTS) is 1. The predicted molar refractivity (Wildman–Crippen MR) is 142 cm³/mol. The van der Waals surface area contributed by atoms with E-state index in [-0.39, 0.29) is 12.8 Å². The quantitative estimate of drug-likeness (QED) is 0.142. The lowest BCUT2D eigenvalue weighted by molar-refractivity contribution is -0.144. The molecule has 0 fully saturated rings. The minimum atomic E-state index is -1.47.